The molecule has 0 saturated carbocycles. The highest BCUT2D eigenvalue weighted by atomic mass is 16.4. The lowest BCUT2D eigenvalue weighted by molar-refractivity contribution is 0.0997. The highest BCUT2D eigenvalue weighted by Crippen LogP contribution is 2.26. The fourth-order valence-electron chi connectivity index (χ4n) is 2.83. The smallest absolute Gasteiger partial charge is 0.407 e. The van der Waals surface area contributed by atoms with Crippen molar-refractivity contribution in [1.29, 1.82) is 0 Å². The lowest BCUT2D eigenvalue weighted by Crippen LogP contribution is -2.53. The van der Waals surface area contributed by atoms with E-state index in [-0.39, 0.29) is 12.1 Å². The van der Waals surface area contributed by atoms with E-state index in [1.807, 2.05) is 0 Å². The number of rotatable bonds is 2. The van der Waals surface area contributed by atoms with Crippen LogP contribution in [0.25, 0.3) is 0 Å². The predicted octanol–water partition coefficient (Wildman–Crippen LogP) is 1.10. The number of carboxylic acid groups (broad SMARTS) is 1. The third-order valence-corrected chi connectivity index (χ3v) is 3.96. The number of piperazine rings is 1. The molecule has 21 heavy (non-hydrogen) atoms. The Bertz CT molecular complexity index is 586. The highest BCUT2D eigenvalue weighted by molar-refractivity contribution is 5.95. The van der Waals surface area contributed by atoms with Crippen molar-refractivity contribution in [2.45, 2.75) is 6.04 Å². The fraction of sp³-hybridized carbons (Fsp3) is 0.357. The fourth-order valence-corrected chi connectivity index (χ4v) is 2.83. The summed E-state index contributed by atoms with van der Waals surface area (Å²) in [6.45, 7) is 1.56. The molecule has 2 aliphatic heterocycles. The van der Waals surface area contributed by atoms with Crippen molar-refractivity contribution >= 4 is 24.1 Å². The lowest BCUT2D eigenvalue weighted by atomic mass is 10.2. The first-order valence-electron chi connectivity index (χ1n) is 6.71. The zero-order valence-electron chi connectivity index (χ0n) is 11.3. The molecule has 0 unspecified atom stereocenters. The predicted molar refractivity (Wildman–Crippen MR) is 74.7 cm³/mol. The summed E-state index contributed by atoms with van der Waals surface area (Å²) in [5.41, 5.74) is 1.28. The Hall–Kier alpha value is -2.57. The van der Waals surface area contributed by atoms with Gasteiger partial charge in [-0.1, -0.05) is 0 Å². The van der Waals surface area contributed by atoms with Crippen LogP contribution in [0.2, 0.25) is 0 Å². The SMILES string of the molecule is O=Cc1ccc(N2C[C@@H]3CN(C(=O)O)CCN3C2=O)cc1. The molecular formula is C14H15N3O4. The molecule has 0 spiro atoms. The second-order valence-electron chi connectivity index (χ2n) is 5.18. The van der Waals surface area contributed by atoms with E-state index in [2.05, 4.69) is 0 Å². The van der Waals surface area contributed by atoms with Crippen molar-refractivity contribution in [1.82, 2.24) is 9.80 Å². The van der Waals surface area contributed by atoms with E-state index in [0.717, 1.165) is 12.0 Å². The van der Waals surface area contributed by atoms with Crippen LogP contribution in [-0.2, 0) is 0 Å². The van der Waals surface area contributed by atoms with Crippen LogP contribution in [0.1, 0.15) is 10.4 Å². The number of hydrogen-bond acceptors (Lipinski definition) is 3. The van der Waals surface area contributed by atoms with Crippen molar-refractivity contribution in [2.75, 3.05) is 31.1 Å². The summed E-state index contributed by atoms with van der Waals surface area (Å²) < 4.78 is 0. The molecule has 7 heteroatoms. The number of amides is 3. The normalized spacial score (nSPS) is 21.4. The van der Waals surface area contributed by atoms with Gasteiger partial charge in [0, 0.05) is 37.4 Å². The molecule has 1 N–H and O–H groups in total. The first-order valence-corrected chi connectivity index (χ1v) is 6.71. The average Bonchev–Trinajstić information content (AvgIpc) is 2.84. The van der Waals surface area contributed by atoms with E-state index in [4.69, 9.17) is 5.11 Å². The Kier molecular flexibility index (Phi) is 3.25. The van der Waals surface area contributed by atoms with Gasteiger partial charge in [-0.2, -0.15) is 0 Å². The zero-order chi connectivity index (χ0) is 15.0. The molecule has 3 rings (SSSR count). The van der Waals surface area contributed by atoms with Crippen LogP contribution in [0.3, 0.4) is 0 Å². The number of hydrogen-bond donors (Lipinski definition) is 1. The maximum Gasteiger partial charge on any atom is 0.407 e. The van der Waals surface area contributed by atoms with E-state index in [9.17, 15) is 14.4 Å². The number of fused-ring (bicyclic) bond motifs is 1. The van der Waals surface area contributed by atoms with E-state index in [0.29, 0.717) is 31.7 Å². The molecular weight excluding hydrogens is 274 g/mol. The van der Waals surface area contributed by atoms with Gasteiger partial charge in [0.05, 0.1) is 6.04 Å². The van der Waals surface area contributed by atoms with Crippen LogP contribution in [0.5, 0.6) is 0 Å². The summed E-state index contributed by atoms with van der Waals surface area (Å²) >= 11 is 0. The third-order valence-electron chi connectivity index (χ3n) is 3.96. The molecule has 1 aromatic rings. The minimum Gasteiger partial charge on any atom is -0.465 e. The lowest BCUT2D eigenvalue weighted by Gasteiger charge is -2.34. The molecule has 110 valence electrons. The molecule has 7 nitrogen and oxygen atoms in total. The van der Waals surface area contributed by atoms with E-state index >= 15 is 0 Å². The van der Waals surface area contributed by atoms with E-state index in [1.54, 1.807) is 34.1 Å². The van der Waals surface area contributed by atoms with Crippen molar-refractivity contribution in [3.8, 4) is 0 Å². The van der Waals surface area contributed by atoms with Crippen molar-refractivity contribution in [2.24, 2.45) is 0 Å². The van der Waals surface area contributed by atoms with Crippen LogP contribution in [0, 0.1) is 0 Å². The van der Waals surface area contributed by atoms with Gasteiger partial charge in [0.25, 0.3) is 0 Å². The Labute approximate surface area is 121 Å². The van der Waals surface area contributed by atoms with Gasteiger partial charge in [-0.3, -0.25) is 9.69 Å². The van der Waals surface area contributed by atoms with Gasteiger partial charge in [0.2, 0.25) is 0 Å². The molecule has 0 aliphatic carbocycles. The first-order chi connectivity index (χ1) is 10.1. The number of aldehydes is 1. The Morgan fingerprint density at radius 3 is 2.52 bits per heavy atom. The molecule has 1 atom stereocenters. The first kappa shape index (κ1) is 13.4. The summed E-state index contributed by atoms with van der Waals surface area (Å²) in [6, 6.07) is 6.56. The minimum absolute atomic E-state index is 0.108. The van der Waals surface area contributed by atoms with Crippen molar-refractivity contribution in [3.63, 3.8) is 0 Å². The molecule has 2 fully saturated rings. The zero-order valence-corrected chi connectivity index (χ0v) is 11.3. The molecule has 0 radical (unpaired) electrons. The third kappa shape index (κ3) is 2.31. The van der Waals surface area contributed by atoms with Crippen LogP contribution >= 0.6 is 0 Å². The number of carbonyl (C=O) groups excluding carboxylic acids is 2. The second-order valence-corrected chi connectivity index (χ2v) is 5.18. The van der Waals surface area contributed by atoms with Gasteiger partial charge >= 0.3 is 12.1 Å². The molecule has 3 amide bonds. The number of carbonyl (C=O) groups is 3. The molecule has 2 heterocycles. The number of nitrogens with zero attached hydrogens (tertiary/aromatic N) is 3. The Morgan fingerprint density at radius 1 is 1.19 bits per heavy atom. The van der Waals surface area contributed by atoms with Crippen molar-refractivity contribution in [3.05, 3.63) is 29.8 Å². The average molecular weight is 289 g/mol. The molecule has 0 bridgehead atoms. The quantitative estimate of drug-likeness (QED) is 0.827. The summed E-state index contributed by atoms with van der Waals surface area (Å²) in [4.78, 5) is 38.8. The summed E-state index contributed by atoms with van der Waals surface area (Å²) in [6.07, 6.45) is -0.195. The van der Waals surface area contributed by atoms with Crippen LogP contribution in [0.4, 0.5) is 15.3 Å². The Morgan fingerprint density at radius 2 is 1.90 bits per heavy atom. The monoisotopic (exact) mass is 289 g/mol. The maximum atomic E-state index is 12.4. The second kappa shape index (κ2) is 5.08. The van der Waals surface area contributed by atoms with Gasteiger partial charge < -0.3 is 14.9 Å². The summed E-state index contributed by atoms with van der Waals surface area (Å²) in [7, 11) is 0. The maximum absolute atomic E-state index is 12.4. The summed E-state index contributed by atoms with van der Waals surface area (Å²) in [5.74, 6) is 0. The summed E-state index contributed by atoms with van der Waals surface area (Å²) in [5, 5.41) is 9.04. The van der Waals surface area contributed by atoms with Crippen LogP contribution < -0.4 is 4.90 Å². The minimum atomic E-state index is -0.948. The molecule has 1 aromatic carbocycles. The van der Waals surface area contributed by atoms with Gasteiger partial charge in [0.1, 0.15) is 6.29 Å². The molecule has 0 aromatic heterocycles. The van der Waals surface area contributed by atoms with Gasteiger partial charge in [-0.15, -0.1) is 0 Å². The Balaban J connectivity index is 1.78. The molecule has 2 saturated heterocycles. The van der Waals surface area contributed by atoms with Crippen molar-refractivity contribution < 1.29 is 19.5 Å². The van der Waals surface area contributed by atoms with E-state index < -0.39 is 6.09 Å². The number of anilines is 1. The van der Waals surface area contributed by atoms with Gasteiger partial charge in [-0.25, -0.2) is 9.59 Å². The van der Waals surface area contributed by atoms with Gasteiger partial charge in [-0.05, 0) is 24.3 Å². The standard InChI is InChI=1S/C14H15N3O4/c18-9-10-1-3-11(4-2-10)17-8-12-7-15(14(20)21)5-6-16(12)13(17)19/h1-4,9,12H,5-8H2,(H,20,21)/t12-/m0/s1. The van der Waals surface area contributed by atoms with Crippen LogP contribution in [0.15, 0.2) is 24.3 Å². The highest BCUT2D eigenvalue weighted by Gasteiger charge is 2.42. The molecule has 2 aliphatic rings. The topological polar surface area (TPSA) is 81.2 Å². The van der Waals surface area contributed by atoms with Gasteiger partial charge in [0.15, 0.2) is 0 Å². The van der Waals surface area contributed by atoms with E-state index in [1.165, 1.54) is 4.90 Å². The number of urea groups is 1. The van der Waals surface area contributed by atoms with Crippen LogP contribution in [-0.4, -0.2) is 65.5 Å². The number of benzene rings is 1. The largest absolute Gasteiger partial charge is 0.465 e.